The molecule has 0 saturated heterocycles. The van der Waals surface area contributed by atoms with Crippen LogP contribution in [0.2, 0.25) is 0 Å². The molecule has 362 valence electrons. The van der Waals surface area contributed by atoms with Gasteiger partial charge in [-0.25, -0.2) is 4.79 Å². The molecule has 0 aliphatic rings. The first-order chi connectivity index (χ1) is 31.3. The van der Waals surface area contributed by atoms with Crippen molar-refractivity contribution in [1.82, 2.24) is 10.6 Å². The average molecular weight is 891 g/mol. The van der Waals surface area contributed by atoms with Crippen molar-refractivity contribution in [3.63, 3.8) is 0 Å². The van der Waals surface area contributed by atoms with E-state index >= 15 is 0 Å². The van der Waals surface area contributed by atoms with Gasteiger partial charge in [0.1, 0.15) is 12.1 Å². The molecule has 0 spiro atoms. The number of hydrogen-bond donors (Lipinski definition) is 4. The summed E-state index contributed by atoms with van der Waals surface area (Å²) in [7, 11) is 0. The molecule has 4 N–H and O–H groups in total. The lowest BCUT2D eigenvalue weighted by molar-refractivity contribution is -0.150. The van der Waals surface area contributed by atoms with Crippen molar-refractivity contribution in [2.75, 3.05) is 13.2 Å². The molecule has 2 amide bonds. The van der Waals surface area contributed by atoms with Gasteiger partial charge in [-0.05, 0) is 116 Å². The van der Waals surface area contributed by atoms with E-state index in [9.17, 15) is 19.2 Å². The van der Waals surface area contributed by atoms with Gasteiger partial charge in [-0.3, -0.25) is 14.4 Å². The zero-order chi connectivity index (χ0) is 46.8. The fourth-order valence-corrected chi connectivity index (χ4v) is 6.81. The van der Waals surface area contributed by atoms with Crippen LogP contribution in [0.15, 0.2) is 97.2 Å². The molecule has 0 aromatic carbocycles. The largest absolute Gasteiger partial charge is 0.480 e. The number of aliphatic carboxylic acids is 1. The van der Waals surface area contributed by atoms with Crippen LogP contribution in [0.25, 0.3) is 0 Å². The molecular formula is C55H90N2O7. The Hall–Kier alpha value is -4.24. The van der Waals surface area contributed by atoms with Crippen molar-refractivity contribution in [2.45, 2.75) is 212 Å². The van der Waals surface area contributed by atoms with Crippen molar-refractivity contribution in [3.8, 4) is 0 Å². The number of hydrogen-bond acceptors (Lipinski definition) is 6. The van der Waals surface area contributed by atoms with Gasteiger partial charge in [0, 0.05) is 12.8 Å². The number of aliphatic hydroxyl groups excluding tert-OH is 1. The first kappa shape index (κ1) is 59.8. The van der Waals surface area contributed by atoms with Crippen LogP contribution in [-0.2, 0) is 23.9 Å². The van der Waals surface area contributed by atoms with E-state index < -0.39 is 24.5 Å². The topological polar surface area (TPSA) is 142 Å². The van der Waals surface area contributed by atoms with Crippen molar-refractivity contribution < 1.29 is 34.1 Å². The first-order valence-electron chi connectivity index (χ1n) is 25.1. The standard InChI is InChI=1S/C55H90N2O7/c1-3-5-7-9-11-13-15-17-19-20-21-22-23-24-26-28-30-32-34-39-43-47-54(61)64-50(44-40-36-33-31-29-27-25-18-16-14-12-10-8-6-4-2)45-41-37-35-38-42-46-52(59)56-48-53(60)57-51(49-58)55(62)63/h5-8,11-14,17-19,21-22,25,29,31,50-51,58H,3-4,9-10,15-16,20,23-24,26-28,30,32-49H2,1-2H3,(H,56,59)(H,57,60)(H,62,63)/b7-5-,8-6-,13-11-,14-12-,19-17-,22-21-,25-18-,31-29-. The number of carbonyl (C=O) groups excluding carboxylic acids is 3. The van der Waals surface area contributed by atoms with Crippen LogP contribution >= 0.6 is 0 Å². The van der Waals surface area contributed by atoms with Gasteiger partial charge in [-0.2, -0.15) is 0 Å². The quantitative estimate of drug-likeness (QED) is 0.0271. The molecule has 0 aromatic heterocycles. The molecule has 0 bridgehead atoms. The Morgan fingerprint density at radius 1 is 0.469 bits per heavy atom. The molecule has 64 heavy (non-hydrogen) atoms. The highest BCUT2D eigenvalue weighted by molar-refractivity contribution is 5.87. The number of amides is 2. The summed E-state index contributed by atoms with van der Waals surface area (Å²) in [6, 6.07) is -1.39. The second-order valence-corrected chi connectivity index (χ2v) is 16.5. The first-order valence-corrected chi connectivity index (χ1v) is 25.1. The molecule has 9 nitrogen and oxygen atoms in total. The smallest absolute Gasteiger partial charge is 0.328 e. The Labute approximate surface area is 389 Å². The van der Waals surface area contributed by atoms with Gasteiger partial charge in [0.15, 0.2) is 0 Å². The predicted octanol–water partition coefficient (Wildman–Crippen LogP) is 13.4. The highest BCUT2D eigenvalue weighted by Gasteiger charge is 2.19. The fraction of sp³-hybridized carbons (Fsp3) is 0.636. The molecule has 0 heterocycles. The summed E-state index contributed by atoms with van der Waals surface area (Å²) in [5, 5.41) is 22.6. The van der Waals surface area contributed by atoms with Gasteiger partial charge in [0.25, 0.3) is 0 Å². The number of nitrogens with one attached hydrogen (secondary N) is 2. The Kier molecular flexibility index (Phi) is 45.0. The third kappa shape index (κ3) is 44.4. The average Bonchev–Trinajstić information content (AvgIpc) is 3.28. The lowest BCUT2D eigenvalue weighted by atomic mass is 10.0. The van der Waals surface area contributed by atoms with Gasteiger partial charge < -0.3 is 25.6 Å². The molecule has 0 rings (SSSR count). The normalized spacial score (nSPS) is 13.3. The number of carboxylic acids is 1. The highest BCUT2D eigenvalue weighted by atomic mass is 16.5. The van der Waals surface area contributed by atoms with Crippen LogP contribution in [0.3, 0.4) is 0 Å². The van der Waals surface area contributed by atoms with E-state index in [-0.39, 0.29) is 30.9 Å². The SMILES string of the molecule is CC/C=C\C/C=C\C/C=C\C/C=C\CCCCCCCCCCC(=O)OC(CCCC/C=C\C/C=C\C/C=C\C/C=C\CC)CCCCCCCC(=O)NCC(=O)NC(CO)C(=O)O. The number of unbranched alkanes of at least 4 members (excludes halogenated alkanes) is 14. The van der Waals surface area contributed by atoms with E-state index in [2.05, 4.69) is 122 Å². The summed E-state index contributed by atoms with van der Waals surface area (Å²) < 4.78 is 6.04. The third-order valence-corrected chi connectivity index (χ3v) is 10.6. The number of allylic oxidation sites excluding steroid dienone is 16. The van der Waals surface area contributed by atoms with Crippen molar-refractivity contribution >= 4 is 23.8 Å². The molecule has 0 radical (unpaired) electrons. The Bertz CT molecular complexity index is 1390. The van der Waals surface area contributed by atoms with Gasteiger partial charge in [-0.15, -0.1) is 0 Å². The van der Waals surface area contributed by atoms with Crippen LogP contribution in [0.4, 0.5) is 0 Å². The second-order valence-electron chi connectivity index (χ2n) is 16.5. The highest BCUT2D eigenvalue weighted by Crippen LogP contribution is 2.18. The molecule has 2 atom stereocenters. The van der Waals surface area contributed by atoms with E-state index in [1.165, 1.54) is 38.5 Å². The maximum Gasteiger partial charge on any atom is 0.328 e. The molecule has 9 heteroatoms. The molecule has 2 unspecified atom stereocenters. The van der Waals surface area contributed by atoms with Crippen LogP contribution < -0.4 is 10.6 Å². The summed E-state index contributed by atoms with van der Waals surface area (Å²) in [4.78, 5) is 47.8. The minimum absolute atomic E-state index is 0.0647. The van der Waals surface area contributed by atoms with E-state index in [0.717, 1.165) is 128 Å². The fourth-order valence-electron chi connectivity index (χ4n) is 6.81. The monoisotopic (exact) mass is 891 g/mol. The molecule has 0 aliphatic carbocycles. The van der Waals surface area contributed by atoms with Crippen LogP contribution in [0.5, 0.6) is 0 Å². The number of carboxylic acid groups (broad SMARTS) is 1. The maximum atomic E-state index is 12.9. The van der Waals surface area contributed by atoms with Crippen LogP contribution in [0, 0.1) is 0 Å². The summed E-state index contributed by atoms with van der Waals surface area (Å²) in [6.07, 6.45) is 64.4. The van der Waals surface area contributed by atoms with Crippen molar-refractivity contribution in [2.24, 2.45) is 0 Å². The maximum absolute atomic E-state index is 12.9. The predicted molar refractivity (Wildman–Crippen MR) is 268 cm³/mol. The molecule has 0 fully saturated rings. The van der Waals surface area contributed by atoms with Crippen LogP contribution in [0.1, 0.15) is 200 Å². The van der Waals surface area contributed by atoms with Gasteiger partial charge >= 0.3 is 11.9 Å². The lowest BCUT2D eigenvalue weighted by Crippen LogP contribution is -2.47. The zero-order valence-corrected chi connectivity index (χ0v) is 40.2. The Morgan fingerprint density at radius 2 is 0.844 bits per heavy atom. The van der Waals surface area contributed by atoms with E-state index in [4.69, 9.17) is 14.9 Å². The van der Waals surface area contributed by atoms with Gasteiger partial charge in [-0.1, -0.05) is 169 Å². The van der Waals surface area contributed by atoms with E-state index in [0.29, 0.717) is 12.8 Å². The van der Waals surface area contributed by atoms with Gasteiger partial charge in [0.2, 0.25) is 11.8 Å². The van der Waals surface area contributed by atoms with Gasteiger partial charge in [0.05, 0.1) is 13.2 Å². The summed E-state index contributed by atoms with van der Waals surface area (Å²) >= 11 is 0. The van der Waals surface area contributed by atoms with Crippen molar-refractivity contribution in [1.29, 1.82) is 0 Å². The summed E-state index contributed by atoms with van der Waals surface area (Å²) in [5.41, 5.74) is 0. The number of ether oxygens (including phenoxy) is 1. The van der Waals surface area contributed by atoms with E-state index in [1.807, 2.05) is 0 Å². The zero-order valence-electron chi connectivity index (χ0n) is 40.2. The number of carbonyl (C=O) groups is 4. The number of rotatable bonds is 44. The van der Waals surface area contributed by atoms with Crippen LogP contribution in [-0.4, -0.2) is 59.3 Å². The molecular weight excluding hydrogens is 801 g/mol. The van der Waals surface area contributed by atoms with E-state index in [1.54, 1.807) is 0 Å². The molecule has 0 saturated carbocycles. The minimum Gasteiger partial charge on any atom is -0.480 e. The van der Waals surface area contributed by atoms with Crippen molar-refractivity contribution in [3.05, 3.63) is 97.2 Å². The Morgan fingerprint density at radius 3 is 1.30 bits per heavy atom. The summed E-state index contributed by atoms with van der Waals surface area (Å²) in [5.74, 6) is -2.34. The third-order valence-electron chi connectivity index (χ3n) is 10.6. The second kappa shape index (κ2) is 48.2. The summed E-state index contributed by atoms with van der Waals surface area (Å²) in [6.45, 7) is 3.25. The molecule has 0 aromatic rings. The number of esters is 1. The lowest BCUT2D eigenvalue weighted by Gasteiger charge is -2.18. The molecule has 0 aliphatic heterocycles. The Balaban J connectivity index is 4.40. The minimum atomic E-state index is -1.39. The number of aliphatic hydroxyl groups is 1.